The van der Waals surface area contributed by atoms with Crippen molar-refractivity contribution in [2.45, 2.75) is 32.1 Å². The number of hydrogen-bond donors (Lipinski definition) is 2. The first-order valence-electron chi connectivity index (χ1n) is 6.41. The quantitative estimate of drug-likeness (QED) is 0.795. The van der Waals surface area contributed by atoms with Gasteiger partial charge in [0.15, 0.2) is 0 Å². The molecule has 2 N–H and O–H groups in total. The molecule has 0 amide bonds. The Hall–Kier alpha value is -1.61. The number of unbranched alkanes of at least 4 members (excludes halogenated alkanes) is 1. The number of rotatable bonds is 5. The molecule has 0 aliphatic heterocycles. The van der Waals surface area contributed by atoms with Gasteiger partial charge >= 0.3 is 0 Å². The van der Waals surface area contributed by atoms with Crippen molar-refractivity contribution in [3.63, 3.8) is 0 Å². The zero-order chi connectivity index (χ0) is 13.0. The van der Waals surface area contributed by atoms with Crippen molar-refractivity contribution in [1.82, 2.24) is 4.98 Å². The normalized spacial score (nSPS) is 12.8. The van der Waals surface area contributed by atoms with Crippen molar-refractivity contribution < 1.29 is 10.2 Å². The molecule has 3 nitrogen and oxygen atoms in total. The van der Waals surface area contributed by atoms with E-state index in [1.807, 2.05) is 18.2 Å². The van der Waals surface area contributed by atoms with E-state index < -0.39 is 0 Å². The summed E-state index contributed by atoms with van der Waals surface area (Å²) in [5.41, 5.74) is 1.21. The molecule has 1 unspecified atom stereocenters. The second-order valence-corrected chi connectivity index (χ2v) is 4.74. The highest BCUT2D eigenvalue weighted by Crippen LogP contribution is 2.28. The Morgan fingerprint density at radius 3 is 2.83 bits per heavy atom. The number of pyridine rings is 1. The number of aliphatic hydroxyl groups is 1. The Labute approximate surface area is 107 Å². The summed E-state index contributed by atoms with van der Waals surface area (Å²) in [6.45, 7) is 2.43. The molecule has 0 spiro atoms. The monoisotopic (exact) mass is 245 g/mol. The van der Waals surface area contributed by atoms with E-state index in [1.165, 1.54) is 5.56 Å². The van der Waals surface area contributed by atoms with Gasteiger partial charge in [0.25, 0.3) is 0 Å². The zero-order valence-electron chi connectivity index (χ0n) is 10.6. The lowest BCUT2D eigenvalue weighted by molar-refractivity contribution is 0.281. The Balaban J connectivity index is 2.21. The Bertz CT molecular complexity index is 525. The molecule has 3 heteroatoms. The molecule has 96 valence electrons. The summed E-state index contributed by atoms with van der Waals surface area (Å²) < 4.78 is 0. The molecule has 0 fully saturated rings. The average molecular weight is 245 g/mol. The summed E-state index contributed by atoms with van der Waals surface area (Å²) in [5.74, 6) is 0.525. The van der Waals surface area contributed by atoms with Gasteiger partial charge in [-0.05, 0) is 41.8 Å². The SMILES string of the molecule is CC(CCCCO)c1ccc2ccnc(O)c2c1. The number of aliphatic hydroxyl groups excluding tert-OH is 1. The predicted molar refractivity (Wildman–Crippen MR) is 72.8 cm³/mol. The first-order valence-corrected chi connectivity index (χ1v) is 6.41. The molecule has 0 radical (unpaired) electrons. The third-order valence-electron chi connectivity index (χ3n) is 3.38. The van der Waals surface area contributed by atoms with Crippen LogP contribution in [0.4, 0.5) is 0 Å². The third-order valence-corrected chi connectivity index (χ3v) is 3.38. The van der Waals surface area contributed by atoms with E-state index in [4.69, 9.17) is 5.11 Å². The van der Waals surface area contributed by atoms with Crippen LogP contribution in [0.25, 0.3) is 10.8 Å². The van der Waals surface area contributed by atoms with Crippen LogP contribution in [0.1, 0.15) is 37.7 Å². The highest BCUT2D eigenvalue weighted by atomic mass is 16.3. The van der Waals surface area contributed by atoms with Crippen LogP contribution in [-0.4, -0.2) is 21.8 Å². The van der Waals surface area contributed by atoms with E-state index in [0.29, 0.717) is 5.92 Å². The molecule has 0 saturated carbocycles. The third kappa shape index (κ3) is 2.79. The number of fused-ring (bicyclic) bond motifs is 1. The fourth-order valence-electron chi connectivity index (χ4n) is 2.21. The van der Waals surface area contributed by atoms with E-state index >= 15 is 0 Å². The molecule has 0 aliphatic carbocycles. The summed E-state index contributed by atoms with van der Waals surface area (Å²) in [7, 11) is 0. The van der Waals surface area contributed by atoms with E-state index in [2.05, 4.69) is 18.0 Å². The molecule has 0 aliphatic rings. The lowest BCUT2D eigenvalue weighted by atomic mass is 9.94. The summed E-state index contributed by atoms with van der Waals surface area (Å²) in [5, 5.41) is 20.4. The Morgan fingerprint density at radius 2 is 2.06 bits per heavy atom. The highest BCUT2D eigenvalue weighted by molar-refractivity contribution is 5.87. The van der Waals surface area contributed by atoms with E-state index in [0.717, 1.165) is 30.0 Å². The van der Waals surface area contributed by atoms with Gasteiger partial charge in [-0.25, -0.2) is 4.98 Å². The second kappa shape index (κ2) is 5.83. The smallest absolute Gasteiger partial charge is 0.218 e. The zero-order valence-corrected chi connectivity index (χ0v) is 10.6. The van der Waals surface area contributed by atoms with Gasteiger partial charge in [0.2, 0.25) is 5.88 Å². The molecule has 2 aromatic rings. The van der Waals surface area contributed by atoms with Gasteiger partial charge in [-0.3, -0.25) is 0 Å². The van der Waals surface area contributed by atoms with Crippen molar-refractivity contribution in [2.24, 2.45) is 0 Å². The second-order valence-electron chi connectivity index (χ2n) is 4.74. The minimum Gasteiger partial charge on any atom is -0.493 e. The van der Waals surface area contributed by atoms with E-state index in [9.17, 15) is 5.11 Å². The molecule has 1 aromatic carbocycles. The lowest BCUT2D eigenvalue weighted by Gasteiger charge is -2.12. The van der Waals surface area contributed by atoms with Crippen molar-refractivity contribution in [3.05, 3.63) is 36.0 Å². The molecule has 18 heavy (non-hydrogen) atoms. The molecular formula is C15H19NO2. The van der Waals surface area contributed by atoms with Crippen LogP contribution >= 0.6 is 0 Å². The van der Waals surface area contributed by atoms with Crippen LogP contribution in [0.5, 0.6) is 5.88 Å². The summed E-state index contributed by atoms with van der Waals surface area (Å²) in [6, 6.07) is 8.04. The molecule has 0 saturated heterocycles. The molecule has 1 heterocycles. The molecular weight excluding hydrogens is 226 g/mol. The van der Waals surface area contributed by atoms with E-state index in [-0.39, 0.29) is 12.5 Å². The summed E-state index contributed by atoms with van der Waals surface area (Å²) in [6.07, 6.45) is 4.54. The number of hydrogen-bond acceptors (Lipinski definition) is 3. The minimum atomic E-state index is 0.0944. The standard InChI is InChI=1S/C15H19NO2/c1-11(4-2-3-9-17)13-6-5-12-7-8-16-15(18)14(12)10-13/h5-8,10-11,17H,2-4,9H2,1H3,(H,16,18). The van der Waals surface area contributed by atoms with E-state index in [1.54, 1.807) is 6.20 Å². The predicted octanol–water partition coefficient (Wildman–Crippen LogP) is 3.21. The maximum absolute atomic E-state index is 9.75. The fourth-order valence-corrected chi connectivity index (χ4v) is 2.21. The number of benzene rings is 1. The minimum absolute atomic E-state index is 0.0944. The van der Waals surface area contributed by atoms with Gasteiger partial charge < -0.3 is 10.2 Å². The fraction of sp³-hybridized carbons (Fsp3) is 0.400. The Morgan fingerprint density at radius 1 is 1.22 bits per heavy atom. The molecule has 2 rings (SSSR count). The number of aromatic nitrogens is 1. The van der Waals surface area contributed by atoms with Crippen molar-refractivity contribution in [2.75, 3.05) is 6.61 Å². The van der Waals surface area contributed by atoms with Gasteiger partial charge in [-0.1, -0.05) is 25.5 Å². The van der Waals surface area contributed by atoms with Crippen molar-refractivity contribution >= 4 is 10.8 Å². The Kier molecular flexibility index (Phi) is 4.15. The lowest BCUT2D eigenvalue weighted by Crippen LogP contribution is -1.95. The van der Waals surface area contributed by atoms with Crippen LogP contribution in [0.3, 0.4) is 0 Å². The molecule has 0 bridgehead atoms. The first kappa shape index (κ1) is 12.8. The van der Waals surface area contributed by atoms with Gasteiger partial charge in [0, 0.05) is 18.2 Å². The van der Waals surface area contributed by atoms with Gasteiger partial charge in [-0.15, -0.1) is 0 Å². The van der Waals surface area contributed by atoms with Gasteiger partial charge in [0.05, 0.1) is 0 Å². The molecule has 1 aromatic heterocycles. The first-order chi connectivity index (χ1) is 8.72. The van der Waals surface area contributed by atoms with Gasteiger partial charge in [0.1, 0.15) is 0 Å². The average Bonchev–Trinajstić information content (AvgIpc) is 2.39. The van der Waals surface area contributed by atoms with Crippen LogP contribution in [0.15, 0.2) is 30.5 Å². The van der Waals surface area contributed by atoms with Crippen LogP contribution in [-0.2, 0) is 0 Å². The topological polar surface area (TPSA) is 53.4 Å². The number of nitrogens with zero attached hydrogens (tertiary/aromatic N) is 1. The maximum Gasteiger partial charge on any atom is 0.218 e. The number of aromatic hydroxyl groups is 1. The maximum atomic E-state index is 9.75. The molecule has 1 atom stereocenters. The van der Waals surface area contributed by atoms with Crippen LogP contribution in [0.2, 0.25) is 0 Å². The van der Waals surface area contributed by atoms with Gasteiger partial charge in [-0.2, -0.15) is 0 Å². The van der Waals surface area contributed by atoms with Crippen LogP contribution in [0, 0.1) is 0 Å². The largest absolute Gasteiger partial charge is 0.493 e. The van der Waals surface area contributed by atoms with Crippen molar-refractivity contribution in [3.8, 4) is 5.88 Å². The summed E-state index contributed by atoms with van der Waals surface area (Å²) in [4.78, 5) is 3.91. The summed E-state index contributed by atoms with van der Waals surface area (Å²) >= 11 is 0. The highest BCUT2D eigenvalue weighted by Gasteiger charge is 2.08. The van der Waals surface area contributed by atoms with Crippen LogP contribution < -0.4 is 0 Å². The van der Waals surface area contributed by atoms with Crippen molar-refractivity contribution in [1.29, 1.82) is 0 Å².